The van der Waals surface area contributed by atoms with Crippen molar-refractivity contribution >= 4 is 17.7 Å². The fraction of sp³-hybridized carbons (Fsp3) is 0. The molecule has 2 aromatic rings. The topological polar surface area (TPSA) is 33.5 Å². The molecule has 2 heterocycles. The predicted molar refractivity (Wildman–Crippen MR) is 47.1 cm³/mol. The standard InChI is InChI=1S/C9H8N2O/c12-7-10-9-5-1-3-8-4-2-6-11(8)9/h1-7H,(H,10,12). The van der Waals surface area contributed by atoms with E-state index in [-0.39, 0.29) is 0 Å². The Morgan fingerprint density at radius 2 is 2.08 bits per heavy atom. The number of fused-ring (bicyclic) bond motifs is 1. The molecule has 0 unspecified atom stereocenters. The van der Waals surface area contributed by atoms with Crippen LogP contribution in [0.3, 0.4) is 0 Å². The molecule has 0 aliphatic carbocycles. The number of pyridine rings is 1. The first-order valence-corrected chi connectivity index (χ1v) is 3.68. The van der Waals surface area contributed by atoms with Crippen LogP contribution in [0.15, 0.2) is 36.5 Å². The third kappa shape index (κ3) is 0.955. The lowest BCUT2D eigenvalue weighted by atomic mass is 10.4. The molecular formula is C9H8N2O. The first kappa shape index (κ1) is 6.91. The number of aromatic nitrogens is 1. The molecule has 0 saturated heterocycles. The largest absolute Gasteiger partial charge is 0.314 e. The molecule has 0 saturated carbocycles. The van der Waals surface area contributed by atoms with Crippen LogP contribution in [0, 0.1) is 0 Å². The maximum atomic E-state index is 10.2. The molecule has 1 amide bonds. The Morgan fingerprint density at radius 1 is 1.25 bits per heavy atom. The lowest BCUT2D eigenvalue weighted by Gasteiger charge is -2.02. The fourth-order valence-corrected chi connectivity index (χ4v) is 1.25. The molecule has 0 spiro atoms. The van der Waals surface area contributed by atoms with E-state index in [1.54, 1.807) is 0 Å². The number of nitrogens with zero attached hydrogens (tertiary/aromatic N) is 1. The summed E-state index contributed by atoms with van der Waals surface area (Å²) in [4.78, 5) is 10.2. The van der Waals surface area contributed by atoms with Crippen LogP contribution in [0.2, 0.25) is 0 Å². The van der Waals surface area contributed by atoms with Gasteiger partial charge >= 0.3 is 0 Å². The van der Waals surface area contributed by atoms with E-state index in [9.17, 15) is 4.79 Å². The highest BCUT2D eigenvalue weighted by Gasteiger charge is 1.95. The third-order valence-corrected chi connectivity index (χ3v) is 1.77. The van der Waals surface area contributed by atoms with Crippen molar-refractivity contribution < 1.29 is 4.79 Å². The third-order valence-electron chi connectivity index (χ3n) is 1.77. The van der Waals surface area contributed by atoms with E-state index < -0.39 is 0 Å². The first-order valence-electron chi connectivity index (χ1n) is 3.68. The summed E-state index contributed by atoms with van der Waals surface area (Å²) in [6, 6.07) is 9.65. The van der Waals surface area contributed by atoms with Gasteiger partial charge in [-0.05, 0) is 24.3 Å². The lowest BCUT2D eigenvalue weighted by Crippen LogP contribution is -1.99. The molecule has 0 bridgehead atoms. The Kier molecular flexibility index (Phi) is 1.55. The summed E-state index contributed by atoms with van der Waals surface area (Å²) < 4.78 is 1.91. The number of carbonyl (C=O) groups excluding carboxylic acids is 1. The lowest BCUT2D eigenvalue weighted by molar-refractivity contribution is -0.105. The van der Waals surface area contributed by atoms with Crippen LogP contribution in [0.1, 0.15) is 0 Å². The van der Waals surface area contributed by atoms with Gasteiger partial charge in [-0.3, -0.25) is 4.79 Å². The molecule has 60 valence electrons. The van der Waals surface area contributed by atoms with Crippen molar-refractivity contribution in [3.05, 3.63) is 36.5 Å². The summed E-state index contributed by atoms with van der Waals surface area (Å²) >= 11 is 0. The van der Waals surface area contributed by atoms with E-state index in [4.69, 9.17) is 0 Å². The van der Waals surface area contributed by atoms with E-state index >= 15 is 0 Å². The van der Waals surface area contributed by atoms with E-state index in [0.717, 1.165) is 11.3 Å². The van der Waals surface area contributed by atoms with Crippen molar-refractivity contribution in [3.63, 3.8) is 0 Å². The Labute approximate surface area is 69.6 Å². The first-order chi connectivity index (χ1) is 5.92. The summed E-state index contributed by atoms with van der Waals surface area (Å²) in [7, 11) is 0. The molecular weight excluding hydrogens is 152 g/mol. The molecule has 3 heteroatoms. The van der Waals surface area contributed by atoms with Crippen molar-refractivity contribution in [1.29, 1.82) is 0 Å². The highest BCUT2D eigenvalue weighted by Crippen LogP contribution is 2.11. The van der Waals surface area contributed by atoms with Gasteiger partial charge in [0, 0.05) is 11.7 Å². The minimum Gasteiger partial charge on any atom is -0.314 e. The van der Waals surface area contributed by atoms with Crippen LogP contribution in [-0.2, 0) is 4.79 Å². The molecule has 0 aliphatic heterocycles. The zero-order valence-corrected chi connectivity index (χ0v) is 6.40. The molecule has 1 N–H and O–H groups in total. The SMILES string of the molecule is O=CNc1cccc2cccn12. The van der Waals surface area contributed by atoms with Crippen molar-refractivity contribution in [2.45, 2.75) is 0 Å². The molecule has 0 fully saturated rings. The van der Waals surface area contributed by atoms with Crippen LogP contribution >= 0.6 is 0 Å². The van der Waals surface area contributed by atoms with Gasteiger partial charge in [0.1, 0.15) is 5.82 Å². The Morgan fingerprint density at radius 3 is 2.92 bits per heavy atom. The summed E-state index contributed by atoms with van der Waals surface area (Å²) in [5, 5.41) is 2.62. The van der Waals surface area contributed by atoms with Crippen LogP contribution in [0.25, 0.3) is 5.52 Å². The van der Waals surface area contributed by atoms with Crippen LogP contribution in [0.5, 0.6) is 0 Å². The van der Waals surface area contributed by atoms with Gasteiger partial charge in [0.2, 0.25) is 6.41 Å². The van der Waals surface area contributed by atoms with Crippen LogP contribution in [0.4, 0.5) is 5.82 Å². The normalized spacial score (nSPS) is 10.0. The quantitative estimate of drug-likeness (QED) is 0.664. The predicted octanol–water partition coefficient (Wildman–Crippen LogP) is 1.51. The molecule has 12 heavy (non-hydrogen) atoms. The van der Waals surface area contributed by atoms with Crippen LogP contribution in [-0.4, -0.2) is 10.8 Å². The molecule has 2 rings (SSSR count). The monoisotopic (exact) mass is 160 g/mol. The molecule has 2 aromatic heterocycles. The summed E-state index contributed by atoms with van der Waals surface area (Å²) in [6.45, 7) is 0. The van der Waals surface area contributed by atoms with Gasteiger partial charge in [-0.25, -0.2) is 0 Å². The second kappa shape index (κ2) is 2.70. The molecule has 0 aromatic carbocycles. The summed E-state index contributed by atoms with van der Waals surface area (Å²) in [6.07, 6.45) is 2.58. The van der Waals surface area contributed by atoms with Gasteiger partial charge in [-0.2, -0.15) is 0 Å². The van der Waals surface area contributed by atoms with Crippen LogP contribution < -0.4 is 5.32 Å². The Hall–Kier alpha value is -1.77. The average Bonchev–Trinajstić information content (AvgIpc) is 2.53. The number of carbonyl (C=O) groups is 1. The molecule has 3 nitrogen and oxygen atoms in total. The fourth-order valence-electron chi connectivity index (χ4n) is 1.25. The van der Waals surface area contributed by atoms with Gasteiger partial charge in [-0.15, -0.1) is 0 Å². The highest BCUT2D eigenvalue weighted by molar-refractivity contribution is 5.71. The zero-order valence-electron chi connectivity index (χ0n) is 6.40. The van der Waals surface area contributed by atoms with Gasteiger partial charge in [0.05, 0.1) is 0 Å². The number of anilines is 1. The Balaban J connectivity index is 2.65. The zero-order chi connectivity index (χ0) is 8.39. The Bertz CT molecular complexity index is 406. The van der Waals surface area contributed by atoms with Gasteiger partial charge < -0.3 is 9.72 Å². The van der Waals surface area contributed by atoms with Gasteiger partial charge in [0.15, 0.2) is 0 Å². The van der Waals surface area contributed by atoms with Crippen molar-refractivity contribution in [1.82, 2.24) is 4.40 Å². The number of nitrogens with one attached hydrogen (secondary N) is 1. The minimum atomic E-state index is 0.675. The summed E-state index contributed by atoms with van der Waals surface area (Å²) in [5.41, 5.74) is 1.07. The number of hydrogen-bond donors (Lipinski definition) is 1. The van der Waals surface area contributed by atoms with Crippen molar-refractivity contribution in [3.8, 4) is 0 Å². The molecule has 0 radical (unpaired) electrons. The van der Waals surface area contributed by atoms with E-state index in [0.29, 0.717) is 6.41 Å². The molecule has 0 atom stereocenters. The maximum absolute atomic E-state index is 10.2. The van der Waals surface area contributed by atoms with Crippen molar-refractivity contribution in [2.75, 3.05) is 5.32 Å². The minimum absolute atomic E-state index is 0.675. The smallest absolute Gasteiger partial charge is 0.212 e. The maximum Gasteiger partial charge on any atom is 0.212 e. The number of rotatable bonds is 2. The second-order valence-electron chi connectivity index (χ2n) is 2.48. The average molecular weight is 160 g/mol. The van der Waals surface area contributed by atoms with E-state index in [1.807, 2.05) is 40.9 Å². The highest BCUT2D eigenvalue weighted by atomic mass is 16.1. The van der Waals surface area contributed by atoms with Gasteiger partial charge in [0.25, 0.3) is 0 Å². The van der Waals surface area contributed by atoms with Crippen molar-refractivity contribution in [2.24, 2.45) is 0 Å². The van der Waals surface area contributed by atoms with E-state index in [1.165, 1.54) is 0 Å². The molecule has 0 aliphatic rings. The number of hydrogen-bond acceptors (Lipinski definition) is 1. The van der Waals surface area contributed by atoms with Gasteiger partial charge in [-0.1, -0.05) is 6.07 Å². The number of amides is 1. The van der Waals surface area contributed by atoms with E-state index in [2.05, 4.69) is 5.32 Å². The summed E-state index contributed by atoms with van der Waals surface area (Å²) in [5.74, 6) is 0.785. The second-order valence-corrected chi connectivity index (χ2v) is 2.48.